The van der Waals surface area contributed by atoms with E-state index in [0.29, 0.717) is 0 Å². The Kier molecular flexibility index (Phi) is 13.0. The van der Waals surface area contributed by atoms with Gasteiger partial charge < -0.3 is 4.74 Å². The van der Waals surface area contributed by atoms with E-state index < -0.39 is 0 Å². The molecule has 1 aromatic carbocycles. The van der Waals surface area contributed by atoms with Gasteiger partial charge in [-0.2, -0.15) is 0 Å². The number of benzene rings is 1. The second-order valence-electron chi connectivity index (χ2n) is 7.59. The highest BCUT2D eigenvalue weighted by Gasteiger charge is 2.22. The van der Waals surface area contributed by atoms with Crippen LogP contribution in [0.2, 0.25) is 0 Å². The molecule has 2 unspecified atom stereocenters. The highest BCUT2D eigenvalue weighted by molar-refractivity contribution is 5.72. The van der Waals surface area contributed by atoms with Crippen molar-refractivity contribution in [2.75, 3.05) is 0 Å². The maximum atomic E-state index is 12.7. The van der Waals surface area contributed by atoms with E-state index in [-0.39, 0.29) is 18.0 Å². The highest BCUT2D eigenvalue weighted by atomic mass is 16.5. The van der Waals surface area contributed by atoms with Crippen LogP contribution in [0.15, 0.2) is 30.3 Å². The van der Waals surface area contributed by atoms with Crippen LogP contribution in [0.5, 0.6) is 0 Å². The van der Waals surface area contributed by atoms with Crippen molar-refractivity contribution < 1.29 is 9.53 Å². The predicted octanol–water partition coefficient (Wildman–Crippen LogP) is 7.63. The van der Waals surface area contributed by atoms with E-state index in [9.17, 15) is 4.79 Å². The molecule has 1 rings (SSSR count). The number of ether oxygens (including phenoxy) is 1. The fourth-order valence-electron chi connectivity index (χ4n) is 3.43. The first-order valence-corrected chi connectivity index (χ1v) is 10.9. The molecule has 0 heterocycles. The van der Waals surface area contributed by atoms with Crippen molar-refractivity contribution in [3.8, 4) is 0 Å². The molecule has 0 aliphatic heterocycles. The van der Waals surface area contributed by atoms with Crippen molar-refractivity contribution in [3.63, 3.8) is 0 Å². The highest BCUT2D eigenvalue weighted by Crippen LogP contribution is 2.24. The molecule has 0 N–H and O–H groups in total. The van der Waals surface area contributed by atoms with Crippen LogP contribution in [0.1, 0.15) is 109 Å². The maximum Gasteiger partial charge on any atom is 0.309 e. The summed E-state index contributed by atoms with van der Waals surface area (Å²) in [4.78, 5) is 12.7. The zero-order chi connectivity index (χ0) is 19.0. The minimum absolute atomic E-state index is 0.00593. The Morgan fingerprint density at radius 1 is 0.808 bits per heavy atom. The second kappa shape index (κ2) is 14.8. The number of hydrogen-bond acceptors (Lipinski definition) is 2. The van der Waals surface area contributed by atoms with Crippen LogP contribution >= 0.6 is 0 Å². The van der Waals surface area contributed by atoms with Gasteiger partial charge in [-0.15, -0.1) is 0 Å². The van der Waals surface area contributed by atoms with Crippen molar-refractivity contribution in [2.24, 2.45) is 5.92 Å². The molecule has 2 atom stereocenters. The normalized spacial score (nSPS) is 13.3. The molecule has 0 amide bonds. The Balaban J connectivity index is 2.45. The summed E-state index contributed by atoms with van der Waals surface area (Å²) < 4.78 is 5.81. The maximum absolute atomic E-state index is 12.7. The molecule has 0 saturated heterocycles. The van der Waals surface area contributed by atoms with E-state index in [4.69, 9.17) is 4.74 Å². The Bertz CT molecular complexity index is 455. The Morgan fingerprint density at radius 2 is 1.31 bits per heavy atom. The van der Waals surface area contributed by atoms with E-state index in [1.165, 1.54) is 51.4 Å². The van der Waals surface area contributed by atoms with Crippen LogP contribution in [-0.2, 0) is 9.53 Å². The van der Waals surface area contributed by atoms with Gasteiger partial charge in [-0.1, -0.05) is 108 Å². The molecule has 2 nitrogen and oxygen atoms in total. The molecule has 2 heteroatoms. The summed E-state index contributed by atoms with van der Waals surface area (Å²) in [6.45, 7) is 6.45. The number of carbonyl (C=O) groups excluding carboxylic acids is 1. The zero-order valence-corrected chi connectivity index (χ0v) is 17.3. The number of carbonyl (C=O) groups is 1. The number of esters is 1. The van der Waals surface area contributed by atoms with Crippen LogP contribution in [0.3, 0.4) is 0 Å². The lowest BCUT2D eigenvalue weighted by Gasteiger charge is -2.20. The van der Waals surface area contributed by atoms with Crippen LogP contribution < -0.4 is 0 Å². The number of hydrogen-bond donors (Lipinski definition) is 0. The lowest BCUT2D eigenvalue weighted by molar-refractivity contribution is -0.154. The van der Waals surface area contributed by atoms with E-state index in [1.807, 2.05) is 37.3 Å². The third-order valence-electron chi connectivity index (χ3n) is 5.21. The molecule has 1 aromatic rings. The smallest absolute Gasteiger partial charge is 0.309 e. The Morgan fingerprint density at radius 3 is 1.88 bits per heavy atom. The average molecular weight is 361 g/mol. The summed E-state index contributed by atoms with van der Waals surface area (Å²) in [5.41, 5.74) is 1.07. The minimum atomic E-state index is -0.161. The van der Waals surface area contributed by atoms with E-state index in [1.54, 1.807) is 0 Å². The Labute approximate surface area is 161 Å². The average Bonchev–Trinajstić information content (AvgIpc) is 2.66. The summed E-state index contributed by atoms with van der Waals surface area (Å²) in [5.74, 6) is 0.0793. The minimum Gasteiger partial charge on any atom is -0.458 e. The molecular weight excluding hydrogens is 320 g/mol. The quantitative estimate of drug-likeness (QED) is 0.237. The first-order valence-electron chi connectivity index (χ1n) is 10.9. The van der Waals surface area contributed by atoms with Crippen molar-refractivity contribution in [1.82, 2.24) is 0 Å². The topological polar surface area (TPSA) is 26.3 Å². The van der Waals surface area contributed by atoms with Gasteiger partial charge in [-0.3, -0.25) is 4.79 Å². The summed E-state index contributed by atoms with van der Waals surface area (Å²) in [7, 11) is 0. The third-order valence-corrected chi connectivity index (χ3v) is 5.21. The molecule has 0 saturated carbocycles. The van der Waals surface area contributed by atoms with Crippen LogP contribution in [0.4, 0.5) is 0 Å². The molecule has 0 aliphatic rings. The molecular formula is C24H40O2. The number of rotatable bonds is 15. The van der Waals surface area contributed by atoms with E-state index >= 15 is 0 Å². The lowest BCUT2D eigenvalue weighted by atomic mass is 9.94. The van der Waals surface area contributed by atoms with Gasteiger partial charge in [0.15, 0.2) is 0 Å². The molecule has 0 aliphatic carbocycles. The molecule has 26 heavy (non-hydrogen) atoms. The van der Waals surface area contributed by atoms with Crippen molar-refractivity contribution >= 4 is 5.97 Å². The second-order valence-corrected chi connectivity index (χ2v) is 7.59. The van der Waals surface area contributed by atoms with Crippen molar-refractivity contribution in [3.05, 3.63) is 35.9 Å². The molecule has 0 bridgehead atoms. The molecule has 0 spiro atoms. The summed E-state index contributed by atoms with van der Waals surface area (Å²) in [6, 6.07) is 10.0. The van der Waals surface area contributed by atoms with Gasteiger partial charge >= 0.3 is 5.97 Å². The van der Waals surface area contributed by atoms with E-state index in [0.717, 1.165) is 31.2 Å². The van der Waals surface area contributed by atoms with Crippen LogP contribution in [0.25, 0.3) is 0 Å². The summed E-state index contributed by atoms with van der Waals surface area (Å²) >= 11 is 0. The largest absolute Gasteiger partial charge is 0.458 e. The number of unbranched alkanes of at least 4 members (excludes halogenated alkanes) is 8. The summed E-state index contributed by atoms with van der Waals surface area (Å²) in [6.07, 6.45) is 14.3. The molecule has 0 radical (unpaired) electrons. The monoisotopic (exact) mass is 360 g/mol. The summed E-state index contributed by atoms with van der Waals surface area (Å²) in [5, 5.41) is 0. The van der Waals surface area contributed by atoms with Gasteiger partial charge in [0.05, 0.1) is 5.92 Å². The van der Waals surface area contributed by atoms with Gasteiger partial charge in [0, 0.05) is 0 Å². The third kappa shape index (κ3) is 9.99. The Hall–Kier alpha value is -1.31. The van der Waals surface area contributed by atoms with Crippen molar-refractivity contribution in [1.29, 1.82) is 0 Å². The molecule has 0 fully saturated rings. The van der Waals surface area contributed by atoms with Crippen molar-refractivity contribution in [2.45, 2.75) is 104 Å². The SMILES string of the molecule is CCCCCCCCC(CCCCCC)C(=O)OC(C)c1ccccc1. The van der Waals surface area contributed by atoms with Gasteiger partial charge in [-0.25, -0.2) is 0 Å². The fraction of sp³-hybridized carbons (Fsp3) is 0.708. The zero-order valence-electron chi connectivity index (χ0n) is 17.3. The first-order chi connectivity index (χ1) is 12.7. The van der Waals surface area contributed by atoms with Crippen LogP contribution in [0, 0.1) is 5.92 Å². The van der Waals surface area contributed by atoms with Gasteiger partial charge in [0.1, 0.15) is 6.10 Å². The van der Waals surface area contributed by atoms with Gasteiger partial charge in [0.2, 0.25) is 0 Å². The van der Waals surface area contributed by atoms with Crippen LogP contribution in [-0.4, -0.2) is 5.97 Å². The van der Waals surface area contributed by atoms with Gasteiger partial charge in [0.25, 0.3) is 0 Å². The predicted molar refractivity (Wildman–Crippen MR) is 111 cm³/mol. The fourth-order valence-corrected chi connectivity index (χ4v) is 3.43. The van der Waals surface area contributed by atoms with E-state index in [2.05, 4.69) is 13.8 Å². The first kappa shape index (κ1) is 22.7. The molecule has 148 valence electrons. The molecule has 0 aromatic heterocycles. The standard InChI is InChI=1S/C24H40O2/c1-4-6-8-10-11-14-20-23(19-13-9-7-5-2)24(25)26-21(3)22-17-15-12-16-18-22/h12,15-18,21,23H,4-11,13-14,19-20H2,1-3H3. The van der Waals surface area contributed by atoms with Gasteiger partial charge in [-0.05, 0) is 25.3 Å². The lowest BCUT2D eigenvalue weighted by Crippen LogP contribution is -2.20.